The van der Waals surface area contributed by atoms with Gasteiger partial charge in [0.1, 0.15) is 17.7 Å². The van der Waals surface area contributed by atoms with Crippen molar-refractivity contribution >= 4 is 11.5 Å². The van der Waals surface area contributed by atoms with Gasteiger partial charge in [0.15, 0.2) is 11.5 Å². The molecule has 2 unspecified atom stereocenters. The van der Waals surface area contributed by atoms with Gasteiger partial charge in [-0.25, -0.2) is 9.24 Å². The third kappa shape index (κ3) is 3.82. The van der Waals surface area contributed by atoms with Crippen LogP contribution in [0.4, 0.5) is 15.9 Å². The number of aromatic nitrogens is 1. The van der Waals surface area contributed by atoms with Crippen molar-refractivity contribution in [1.29, 1.82) is 5.26 Å². The van der Waals surface area contributed by atoms with E-state index in [0.29, 0.717) is 39.5 Å². The van der Waals surface area contributed by atoms with Crippen molar-refractivity contribution in [3.8, 4) is 39.8 Å². The van der Waals surface area contributed by atoms with E-state index in [2.05, 4.69) is 9.74 Å². The van der Waals surface area contributed by atoms with Gasteiger partial charge in [-0.1, -0.05) is 12.1 Å². The molecule has 2 aliphatic heterocycles. The highest BCUT2D eigenvalue weighted by molar-refractivity contribution is 5.97. The number of fused-ring (bicyclic) bond motifs is 2. The fourth-order valence-electron chi connectivity index (χ4n) is 5.48. The molecule has 3 N–H and O–H groups in total. The molecule has 3 heterocycles. The zero-order valence-electron chi connectivity index (χ0n) is 19.2. The number of piperidine rings is 1. The normalized spacial score (nSPS) is 20.8. The quantitative estimate of drug-likeness (QED) is 0.513. The number of methoxy groups -OCH3 is 1. The summed E-state index contributed by atoms with van der Waals surface area (Å²) in [5.41, 5.74) is 8.65. The Morgan fingerprint density at radius 2 is 1.91 bits per heavy atom. The van der Waals surface area contributed by atoms with E-state index in [4.69, 9.17) is 22.0 Å². The number of anilines is 1. The predicted molar refractivity (Wildman–Crippen MR) is 131 cm³/mol. The smallest absolute Gasteiger partial charge is 0.236 e. The molecule has 2 saturated heterocycles. The number of aromatic hydroxyl groups is 1. The largest absolute Gasteiger partial charge is 0.504 e. The van der Waals surface area contributed by atoms with Gasteiger partial charge in [-0.3, -0.25) is 4.98 Å². The number of rotatable bonds is 4. The van der Waals surface area contributed by atoms with E-state index < -0.39 is 5.82 Å². The average molecular weight is 470 g/mol. The SMILES string of the molecule is [C-]#[N+]c1c(N2C3CCC2CC(N)C3)ncc(-c2ccc(OC)c(O)c2)c1-c1ccc(C#N)c(F)c1. The minimum absolute atomic E-state index is 0.0570. The Kier molecular flexibility index (Phi) is 5.76. The van der Waals surface area contributed by atoms with Gasteiger partial charge in [0.05, 0.1) is 19.2 Å². The molecule has 0 radical (unpaired) electrons. The fraction of sp³-hybridized carbons (Fsp3) is 0.296. The van der Waals surface area contributed by atoms with E-state index in [-0.39, 0.29) is 29.4 Å². The highest BCUT2D eigenvalue weighted by Crippen LogP contribution is 2.49. The number of phenolic OH excluding ortho intramolecular Hbond substituents is 1. The molecule has 35 heavy (non-hydrogen) atoms. The number of benzene rings is 2. The highest BCUT2D eigenvalue weighted by atomic mass is 19.1. The van der Waals surface area contributed by atoms with Gasteiger partial charge in [-0.15, -0.1) is 0 Å². The van der Waals surface area contributed by atoms with Crippen molar-refractivity contribution in [3.63, 3.8) is 0 Å². The predicted octanol–water partition coefficient (Wildman–Crippen LogP) is 5.15. The number of nitrogens with two attached hydrogens (primary N) is 1. The summed E-state index contributed by atoms with van der Waals surface area (Å²) >= 11 is 0. The Bertz CT molecular complexity index is 1380. The summed E-state index contributed by atoms with van der Waals surface area (Å²) in [6, 6.07) is 11.6. The number of nitrogens with zero attached hydrogens (tertiary/aromatic N) is 4. The fourth-order valence-corrected chi connectivity index (χ4v) is 5.48. The van der Waals surface area contributed by atoms with Gasteiger partial charge in [-0.05, 0) is 66.6 Å². The second-order valence-corrected chi connectivity index (χ2v) is 9.05. The van der Waals surface area contributed by atoms with Crippen LogP contribution in [0.3, 0.4) is 0 Å². The summed E-state index contributed by atoms with van der Waals surface area (Å²) < 4.78 is 19.9. The van der Waals surface area contributed by atoms with Crippen LogP contribution in [0.2, 0.25) is 0 Å². The van der Waals surface area contributed by atoms with Gasteiger partial charge in [0, 0.05) is 29.9 Å². The van der Waals surface area contributed by atoms with Crippen LogP contribution >= 0.6 is 0 Å². The molecule has 0 spiro atoms. The summed E-state index contributed by atoms with van der Waals surface area (Å²) in [7, 11) is 1.46. The second kappa shape index (κ2) is 8.90. The molecule has 5 rings (SSSR count). The van der Waals surface area contributed by atoms with Crippen LogP contribution in [-0.2, 0) is 0 Å². The first-order valence-electron chi connectivity index (χ1n) is 11.5. The molecule has 0 aliphatic carbocycles. The molecule has 2 fully saturated rings. The molecule has 7 nitrogen and oxygen atoms in total. The highest BCUT2D eigenvalue weighted by Gasteiger charge is 2.41. The maximum atomic E-state index is 14.7. The van der Waals surface area contributed by atoms with E-state index in [9.17, 15) is 14.8 Å². The average Bonchev–Trinajstić information content (AvgIpc) is 3.13. The van der Waals surface area contributed by atoms with Gasteiger partial charge < -0.3 is 20.5 Å². The summed E-state index contributed by atoms with van der Waals surface area (Å²) in [4.78, 5) is 10.9. The number of nitriles is 1. The molecule has 2 aliphatic rings. The van der Waals surface area contributed by atoms with Crippen molar-refractivity contribution in [1.82, 2.24) is 4.98 Å². The maximum Gasteiger partial charge on any atom is 0.236 e. The van der Waals surface area contributed by atoms with Crippen molar-refractivity contribution in [2.45, 2.75) is 43.8 Å². The van der Waals surface area contributed by atoms with Crippen molar-refractivity contribution in [2.24, 2.45) is 5.73 Å². The Balaban J connectivity index is 1.74. The molecule has 0 amide bonds. The number of hydrogen-bond acceptors (Lipinski definition) is 6. The third-order valence-corrected chi connectivity index (χ3v) is 7.03. The first-order chi connectivity index (χ1) is 16.9. The van der Waals surface area contributed by atoms with Crippen LogP contribution in [0.1, 0.15) is 31.2 Å². The lowest BCUT2D eigenvalue weighted by Crippen LogP contribution is -2.47. The number of pyridine rings is 1. The minimum Gasteiger partial charge on any atom is -0.504 e. The van der Waals surface area contributed by atoms with Crippen LogP contribution < -0.4 is 15.4 Å². The summed E-state index contributed by atoms with van der Waals surface area (Å²) in [5.74, 6) is 0.168. The van der Waals surface area contributed by atoms with Gasteiger partial charge in [-0.2, -0.15) is 5.26 Å². The molecule has 176 valence electrons. The standard InChI is InChI=1S/C27H24FN5O2/c1-31-26-25(16-3-4-17(13-29)22(28)9-16)21(15-5-8-24(35-2)23(34)10-15)14-32-27(26)33-19-6-7-20(33)12-18(30)11-19/h3-5,8-10,14,18-20,34H,6-7,11-12,30H2,2H3. The van der Waals surface area contributed by atoms with Gasteiger partial charge in [0.2, 0.25) is 5.69 Å². The molecular formula is C27H24FN5O2. The Morgan fingerprint density at radius 1 is 1.20 bits per heavy atom. The molecule has 3 aromatic rings. The van der Waals surface area contributed by atoms with Gasteiger partial charge in [0.25, 0.3) is 0 Å². The van der Waals surface area contributed by atoms with Crippen LogP contribution in [0, 0.1) is 23.7 Å². The summed E-state index contributed by atoms with van der Waals surface area (Å²) in [6.45, 7) is 8.10. The van der Waals surface area contributed by atoms with Crippen LogP contribution in [0.5, 0.6) is 11.5 Å². The van der Waals surface area contributed by atoms with Crippen molar-refractivity contribution < 1.29 is 14.2 Å². The molecule has 2 atom stereocenters. The van der Waals surface area contributed by atoms with E-state index >= 15 is 0 Å². The molecule has 1 aromatic heterocycles. The zero-order valence-corrected chi connectivity index (χ0v) is 19.2. The molecule has 0 saturated carbocycles. The lowest BCUT2D eigenvalue weighted by molar-refractivity contribution is 0.373. The van der Waals surface area contributed by atoms with Crippen molar-refractivity contribution in [3.05, 3.63) is 65.4 Å². The van der Waals surface area contributed by atoms with Crippen LogP contribution in [0.15, 0.2) is 42.6 Å². The van der Waals surface area contributed by atoms with Crippen LogP contribution in [0.25, 0.3) is 27.1 Å². The molecule has 2 aromatic carbocycles. The molecule has 8 heteroatoms. The monoisotopic (exact) mass is 469 g/mol. The Hall–Kier alpha value is -4.14. The lowest BCUT2D eigenvalue weighted by atomic mass is 9.92. The lowest BCUT2D eigenvalue weighted by Gasteiger charge is -2.39. The summed E-state index contributed by atoms with van der Waals surface area (Å²) in [5, 5.41) is 19.6. The minimum atomic E-state index is -0.660. The number of halogens is 1. The number of ether oxygens (including phenoxy) is 1. The van der Waals surface area contributed by atoms with Crippen molar-refractivity contribution in [2.75, 3.05) is 12.0 Å². The van der Waals surface area contributed by atoms with E-state index in [1.807, 2.05) is 6.07 Å². The molecule has 2 bridgehead atoms. The van der Waals surface area contributed by atoms with E-state index in [1.54, 1.807) is 24.4 Å². The first-order valence-corrected chi connectivity index (χ1v) is 11.5. The topological polar surface area (TPSA) is 99.8 Å². The maximum absolute atomic E-state index is 14.7. The van der Waals surface area contributed by atoms with Gasteiger partial charge >= 0.3 is 0 Å². The third-order valence-electron chi connectivity index (χ3n) is 7.03. The Labute approximate surface area is 203 Å². The summed E-state index contributed by atoms with van der Waals surface area (Å²) in [6.07, 6.45) is 5.33. The van der Waals surface area contributed by atoms with Crippen LogP contribution in [-0.4, -0.2) is 35.3 Å². The second-order valence-electron chi connectivity index (χ2n) is 9.05. The first kappa shape index (κ1) is 22.6. The van der Waals surface area contributed by atoms with E-state index in [1.165, 1.54) is 25.3 Å². The molecular weight excluding hydrogens is 445 g/mol. The number of hydrogen-bond donors (Lipinski definition) is 2. The van der Waals surface area contributed by atoms with E-state index in [0.717, 1.165) is 25.7 Å². The number of phenols is 1. The zero-order chi connectivity index (χ0) is 24.7. The Morgan fingerprint density at radius 3 is 2.51 bits per heavy atom.